The number of likely N-dealkylation sites (N-methyl/N-ethyl adjacent to an activating group) is 1. The van der Waals surface area contributed by atoms with Crippen LogP contribution in [0.5, 0.6) is 0 Å². The summed E-state index contributed by atoms with van der Waals surface area (Å²) in [5.74, 6) is 8.04. The van der Waals surface area contributed by atoms with Crippen molar-refractivity contribution in [2.75, 3.05) is 25.1 Å². The van der Waals surface area contributed by atoms with Crippen LogP contribution in [0.2, 0.25) is 0 Å². The van der Waals surface area contributed by atoms with Gasteiger partial charge in [0.2, 0.25) is 0 Å². The second-order valence-corrected chi connectivity index (χ2v) is 5.80. The first-order valence-electron chi connectivity index (χ1n) is 6.40. The van der Waals surface area contributed by atoms with Gasteiger partial charge in [-0.3, -0.25) is 10.7 Å². The number of nitrogens with two attached hydrogens (primary N) is 1. The number of rotatable bonds is 5. The SMILES string of the molecule is CCCn1nncc1C(NN)C1CSCCN1C. The third kappa shape index (κ3) is 2.85. The molecule has 0 saturated carbocycles. The molecular formula is C11H22N6S. The van der Waals surface area contributed by atoms with E-state index in [1.54, 1.807) is 0 Å². The molecule has 2 rings (SSSR count). The lowest BCUT2D eigenvalue weighted by Gasteiger charge is -2.37. The molecule has 1 aliphatic heterocycles. The van der Waals surface area contributed by atoms with Crippen LogP contribution in [0, 0.1) is 0 Å². The summed E-state index contributed by atoms with van der Waals surface area (Å²) in [6.07, 6.45) is 2.87. The Morgan fingerprint density at radius 3 is 3.17 bits per heavy atom. The summed E-state index contributed by atoms with van der Waals surface area (Å²) in [7, 11) is 2.16. The van der Waals surface area contributed by atoms with Crippen LogP contribution < -0.4 is 11.3 Å². The van der Waals surface area contributed by atoms with Crippen LogP contribution in [-0.4, -0.2) is 51.0 Å². The lowest BCUT2D eigenvalue weighted by atomic mass is 10.1. The monoisotopic (exact) mass is 270 g/mol. The summed E-state index contributed by atoms with van der Waals surface area (Å²) in [6, 6.07) is 0.479. The second kappa shape index (κ2) is 6.51. The van der Waals surface area contributed by atoms with E-state index in [9.17, 15) is 0 Å². The van der Waals surface area contributed by atoms with Gasteiger partial charge in [-0.05, 0) is 13.5 Å². The highest BCUT2D eigenvalue weighted by molar-refractivity contribution is 7.99. The molecule has 0 bridgehead atoms. The summed E-state index contributed by atoms with van der Waals surface area (Å²) in [5, 5.41) is 8.16. The third-order valence-corrected chi connectivity index (χ3v) is 4.46. The van der Waals surface area contributed by atoms with Crippen molar-refractivity contribution in [2.45, 2.75) is 32.0 Å². The van der Waals surface area contributed by atoms with Crippen LogP contribution in [0.25, 0.3) is 0 Å². The number of hydrazine groups is 1. The summed E-state index contributed by atoms with van der Waals surface area (Å²) < 4.78 is 1.96. The van der Waals surface area contributed by atoms with Gasteiger partial charge in [-0.15, -0.1) is 5.10 Å². The van der Waals surface area contributed by atoms with E-state index < -0.39 is 0 Å². The van der Waals surface area contributed by atoms with Gasteiger partial charge in [0.05, 0.1) is 17.9 Å². The van der Waals surface area contributed by atoms with Gasteiger partial charge in [0.25, 0.3) is 0 Å². The quantitative estimate of drug-likeness (QED) is 0.590. The Hall–Kier alpha value is -0.630. The molecule has 0 aromatic carbocycles. The first-order chi connectivity index (χ1) is 8.77. The molecule has 3 N–H and O–H groups in total. The Kier molecular flexibility index (Phi) is 4.99. The van der Waals surface area contributed by atoms with Crippen molar-refractivity contribution >= 4 is 11.8 Å². The van der Waals surface area contributed by atoms with Crippen LogP contribution in [0.15, 0.2) is 6.20 Å². The zero-order valence-corrected chi connectivity index (χ0v) is 11.9. The maximum Gasteiger partial charge on any atom is 0.0808 e. The van der Waals surface area contributed by atoms with Crippen molar-refractivity contribution in [3.05, 3.63) is 11.9 Å². The Morgan fingerprint density at radius 1 is 1.67 bits per heavy atom. The molecule has 6 nitrogen and oxygen atoms in total. The molecule has 0 radical (unpaired) electrons. The first-order valence-corrected chi connectivity index (χ1v) is 7.56. The molecule has 1 saturated heterocycles. The molecule has 7 heteroatoms. The average molecular weight is 270 g/mol. The fourth-order valence-corrected chi connectivity index (χ4v) is 3.61. The number of aromatic nitrogens is 3. The molecule has 1 fully saturated rings. The van der Waals surface area contributed by atoms with Gasteiger partial charge in [0.15, 0.2) is 0 Å². The Balaban J connectivity index is 2.18. The molecule has 2 heterocycles. The van der Waals surface area contributed by atoms with E-state index in [1.165, 1.54) is 5.75 Å². The molecule has 0 aliphatic carbocycles. The molecule has 1 aromatic rings. The van der Waals surface area contributed by atoms with E-state index in [4.69, 9.17) is 5.84 Å². The molecule has 2 unspecified atom stereocenters. The Morgan fingerprint density at radius 2 is 2.50 bits per heavy atom. The van der Waals surface area contributed by atoms with E-state index >= 15 is 0 Å². The molecule has 18 heavy (non-hydrogen) atoms. The highest BCUT2D eigenvalue weighted by atomic mass is 32.2. The summed E-state index contributed by atoms with van der Waals surface area (Å²) in [5.41, 5.74) is 4.03. The maximum atomic E-state index is 5.77. The Labute approximate surface area is 112 Å². The number of aryl methyl sites for hydroxylation is 1. The molecule has 1 aromatic heterocycles. The topological polar surface area (TPSA) is 72.0 Å². The van der Waals surface area contributed by atoms with Crippen molar-refractivity contribution in [1.29, 1.82) is 0 Å². The fraction of sp³-hybridized carbons (Fsp3) is 0.818. The minimum atomic E-state index is 0.0874. The molecule has 2 atom stereocenters. The summed E-state index contributed by atoms with van der Waals surface area (Å²) in [6.45, 7) is 4.12. The highest BCUT2D eigenvalue weighted by Gasteiger charge is 2.30. The van der Waals surface area contributed by atoms with E-state index in [0.717, 1.165) is 31.0 Å². The molecular weight excluding hydrogens is 248 g/mol. The smallest absolute Gasteiger partial charge is 0.0808 e. The first kappa shape index (κ1) is 13.8. The zero-order valence-electron chi connectivity index (χ0n) is 11.0. The molecule has 1 aliphatic rings. The van der Waals surface area contributed by atoms with Crippen LogP contribution in [0.1, 0.15) is 25.1 Å². The van der Waals surface area contributed by atoms with Gasteiger partial charge in [0.1, 0.15) is 0 Å². The number of thioether (sulfide) groups is 1. The van der Waals surface area contributed by atoms with E-state index in [0.29, 0.717) is 6.04 Å². The summed E-state index contributed by atoms with van der Waals surface area (Å²) >= 11 is 1.98. The normalized spacial score (nSPS) is 23.2. The van der Waals surface area contributed by atoms with E-state index in [-0.39, 0.29) is 6.04 Å². The fourth-order valence-electron chi connectivity index (χ4n) is 2.34. The van der Waals surface area contributed by atoms with E-state index in [1.807, 2.05) is 22.6 Å². The molecule has 0 amide bonds. The van der Waals surface area contributed by atoms with Gasteiger partial charge in [-0.1, -0.05) is 12.1 Å². The van der Waals surface area contributed by atoms with Crippen LogP contribution in [0.4, 0.5) is 0 Å². The lowest BCUT2D eigenvalue weighted by molar-refractivity contribution is 0.210. The van der Waals surface area contributed by atoms with Gasteiger partial charge in [0, 0.05) is 30.6 Å². The number of nitrogens with one attached hydrogen (secondary N) is 1. The van der Waals surface area contributed by atoms with Crippen molar-refractivity contribution in [3.8, 4) is 0 Å². The van der Waals surface area contributed by atoms with E-state index in [2.05, 4.69) is 34.6 Å². The average Bonchev–Trinajstić information content (AvgIpc) is 2.82. The second-order valence-electron chi connectivity index (χ2n) is 4.65. The van der Waals surface area contributed by atoms with Crippen LogP contribution in [0.3, 0.4) is 0 Å². The largest absolute Gasteiger partial charge is 0.300 e. The minimum absolute atomic E-state index is 0.0874. The van der Waals surface area contributed by atoms with Gasteiger partial charge in [-0.25, -0.2) is 10.1 Å². The lowest BCUT2D eigenvalue weighted by Crippen LogP contribution is -2.50. The standard InChI is InChI=1S/C11H22N6S/c1-3-4-17-9(7-13-15-17)11(14-12)10-8-18-6-5-16(10)2/h7,10-11,14H,3-6,8,12H2,1-2H3. The van der Waals surface area contributed by atoms with Crippen LogP contribution in [-0.2, 0) is 6.54 Å². The third-order valence-electron chi connectivity index (χ3n) is 3.41. The highest BCUT2D eigenvalue weighted by Crippen LogP contribution is 2.25. The molecule has 102 valence electrons. The van der Waals surface area contributed by atoms with Crippen LogP contribution >= 0.6 is 11.8 Å². The number of nitrogens with zero attached hydrogens (tertiary/aromatic N) is 4. The number of hydrogen-bond acceptors (Lipinski definition) is 6. The van der Waals surface area contributed by atoms with Gasteiger partial charge >= 0.3 is 0 Å². The maximum absolute atomic E-state index is 5.77. The minimum Gasteiger partial charge on any atom is -0.300 e. The van der Waals surface area contributed by atoms with Crippen molar-refractivity contribution in [3.63, 3.8) is 0 Å². The summed E-state index contributed by atoms with van der Waals surface area (Å²) in [4.78, 5) is 2.37. The van der Waals surface area contributed by atoms with Gasteiger partial charge in [-0.2, -0.15) is 11.8 Å². The predicted octanol–water partition coefficient (Wildman–Crippen LogP) is 0.240. The van der Waals surface area contributed by atoms with Crippen molar-refractivity contribution in [1.82, 2.24) is 25.3 Å². The zero-order chi connectivity index (χ0) is 13.0. The predicted molar refractivity (Wildman–Crippen MR) is 74.1 cm³/mol. The Bertz CT molecular complexity index is 368. The van der Waals surface area contributed by atoms with Crippen molar-refractivity contribution < 1.29 is 0 Å². The van der Waals surface area contributed by atoms with Crippen molar-refractivity contribution in [2.24, 2.45) is 5.84 Å². The number of hydrogen-bond donors (Lipinski definition) is 2. The van der Waals surface area contributed by atoms with Gasteiger partial charge < -0.3 is 0 Å². The molecule has 0 spiro atoms.